The Balaban J connectivity index is 0.00000256. The lowest BCUT2D eigenvalue weighted by Gasteiger charge is -2.16. The quantitative estimate of drug-likeness (QED) is 0.797. The second-order valence-electron chi connectivity index (χ2n) is 3.75. The minimum absolute atomic E-state index is 0. The van der Waals surface area contributed by atoms with E-state index in [1.807, 2.05) is 0 Å². The second kappa shape index (κ2) is 8.09. The van der Waals surface area contributed by atoms with Gasteiger partial charge in [-0.05, 0) is 37.4 Å². The lowest BCUT2D eigenvalue weighted by molar-refractivity contribution is 0.0966. The van der Waals surface area contributed by atoms with Gasteiger partial charge in [0.1, 0.15) is 5.75 Å². The molecule has 3 nitrogen and oxygen atoms in total. The van der Waals surface area contributed by atoms with E-state index in [2.05, 4.69) is 18.7 Å². The van der Waals surface area contributed by atoms with E-state index >= 15 is 0 Å². The van der Waals surface area contributed by atoms with Crippen molar-refractivity contribution in [3.63, 3.8) is 0 Å². The van der Waals surface area contributed by atoms with E-state index in [0.29, 0.717) is 12.0 Å². The molecular formula is C13H20ClNO2. The number of carbonyl (C=O) groups excluding carboxylic acids is 1. The molecule has 1 rings (SSSR count). The van der Waals surface area contributed by atoms with Crippen molar-refractivity contribution < 1.29 is 9.90 Å². The van der Waals surface area contributed by atoms with E-state index in [1.165, 1.54) is 0 Å². The number of halogens is 1. The molecule has 0 aliphatic heterocycles. The Morgan fingerprint density at radius 2 is 1.71 bits per heavy atom. The topological polar surface area (TPSA) is 40.5 Å². The molecule has 0 atom stereocenters. The first-order valence-electron chi connectivity index (χ1n) is 5.72. The summed E-state index contributed by atoms with van der Waals surface area (Å²) in [5, 5.41) is 9.11. The fraction of sp³-hybridized carbons (Fsp3) is 0.462. The second-order valence-corrected chi connectivity index (χ2v) is 3.75. The zero-order valence-electron chi connectivity index (χ0n) is 10.3. The molecule has 0 heterocycles. The maximum atomic E-state index is 11.8. The monoisotopic (exact) mass is 257 g/mol. The first-order chi connectivity index (χ1) is 7.67. The van der Waals surface area contributed by atoms with Gasteiger partial charge in [-0.3, -0.25) is 4.79 Å². The molecular weight excluding hydrogens is 238 g/mol. The van der Waals surface area contributed by atoms with E-state index in [9.17, 15) is 4.79 Å². The number of Topliss-reactive ketones (excluding diaryl/α,β-unsaturated/α-hetero) is 1. The summed E-state index contributed by atoms with van der Waals surface area (Å²) in [6, 6.07) is 6.43. The summed E-state index contributed by atoms with van der Waals surface area (Å²) < 4.78 is 0. The normalized spacial score (nSPS) is 10.1. The summed E-state index contributed by atoms with van der Waals surface area (Å²) in [6.07, 6.45) is 0.534. The van der Waals surface area contributed by atoms with Gasteiger partial charge in [-0.25, -0.2) is 0 Å². The average molecular weight is 258 g/mol. The van der Waals surface area contributed by atoms with Gasteiger partial charge in [-0.15, -0.1) is 12.4 Å². The van der Waals surface area contributed by atoms with Gasteiger partial charge in [0.05, 0.1) is 0 Å². The standard InChI is InChI=1S/C13H19NO2.ClH/c1-3-14(4-2)10-9-13(16)11-5-7-12(15)8-6-11;/h5-8,15H,3-4,9-10H2,1-2H3;1H. The van der Waals surface area contributed by atoms with Gasteiger partial charge in [0.15, 0.2) is 5.78 Å². The largest absolute Gasteiger partial charge is 0.508 e. The van der Waals surface area contributed by atoms with Gasteiger partial charge in [0.2, 0.25) is 0 Å². The SMILES string of the molecule is CCN(CC)CCC(=O)c1ccc(O)cc1.Cl. The van der Waals surface area contributed by atoms with Crippen LogP contribution < -0.4 is 0 Å². The van der Waals surface area contributed by atoms with Crippen LogP contribution in [0.4, 0.5) is 0 Å². The summed E-state index contributed by atoms with van der Waals surface area (Å²) in [5.74, 6) is 0.326. The first kappa shape index (κ1) is 15.9. The predicted molar refractivity (Wildman–Crippen MR) is 72.1 cm³/mol. The zero-order chi connectivity index (χ0) is 12.0. The van der Waals surface area contributed by atoms with Crippen molar-refractivity contribution in [2.24, 2.45) is 0 Å². The van der Waals surface area contributed by atoms with E-state index < -0.39 is 0 Å². The molecule has 4 heteroatoms. The third-order valence-electron chi connectivity index (χ3n) is 2.74. The molecule has 0 aliphatic carbocycles. The molecule has 1 aromatic carbocycles. The van der Waals surface area contributed by atoms with Gasteiger partial charge in [0, 0.05) is 18.5 Å². The number of nitrogens with zero attached hydrogens (tertiary/aromatic N) is 1. The van der Waals surface area contributed by atoms with Crippen molar-refractivity contribution in [1.29, 1.82) is 0 Å². The van der Waals surface area contributed by atoms with Crippen LogP contribution in [0.3, 0.4) is 0 Å². The molecule has 0 saturated carbocycles. The third kappa shape index (κ3) is 5.20. The number of phenolic OH excluding ortho intramolecular Hbond substituents is 1. The molecule has 96 valence electrons. The van der Waals surface area contributed by atoms with Crippen molar-refractivity contribution in [2.45, 2.75) is 20.3 Å². The number of rotatable bonds is 6. The number of aromatic hydroxyl groups is 1. The molecule has 0 saturated heterocycles. The van der Waals surface area contributed by atoms with E-state index in [-0.39, 0.29) is 23.9 Å². The highest BCUT2D eigenvalue weighted by Crippen LogP contribution is 2.11. The molecule has 0 radical (unpaired) electrons. The van der Waals surface area contributed by atoms with Gasteiger partial charge in [0.25, 0.3) is 0 Å². The van der Waals surface area contributed by atoms with E-state index in [1.54, 1.807) is 24.3 Å². The fourth-order valence-corrected chi connectivity index (χ4v) is 1.59. The zero-order valence-corrected chi connectivity index (χ0v) is 11.2. The maximum Gasteiger partial charge on any atom is 0.164 e. The number of ketones is 1. The van der Waals surface area contributed by atoms with Crippen LogP contribution in [-0.4, -0.2) is 35.4 Å². The fourth-order valence-electron chi connectivity index (χ4n) is 1.59. The number of phenols is 1. The number of carbonyl (C=O) groups is 1. The van der Waals surface area contributed by atoms with Crippen LogP contribution in [0.1, 0.15) is 30.6 Å². The molecule has 0 aromatic heterocycles. The molecule has 0 spiro atoms. The minimum Gasteiger partial charge on any atom is -0.508 e. The Bertz CT molecular complexity index is 334. The van der Waals surface area contributed by atoms with Crippen LogP contribution in [-0.2, 0) is 0 Å². The number of hydrogen-bond acceptors (Lipinski definition) is 3. The Morgan fingerprint density at radius 1 is 1.18 bits per heavy atom. The summed E-state index contributed by atoms with van der Waals surface area (Å²) in [7, 11) is 0. The van der Waals surface area contributed by atoms with Crippen molar-refractivity contribution >= 4 is 18.2 Å². The van der Waals surface area contributed by atoms with Crippen molar-refractivity contribution in [3.05, 3.63) is 29.8 Å². The highest BCUT2D eigenvalue weighted by Gasteiger charge is 2.07. The van der Waals surface area contributed by atoms with E-state index in [0.717, 1.165) is 19.6 Å². The molecule has 17 heavy (non-hydrogen) atoms. The van der Waals surface area contributed by atoms with Crippen LogP contribution in [0.15, 0.2) is 24.3 Å². The van der Waals surface area contributed by atoms with Crippen molar-refractivity contribution in [2.75, 3.05) is 19.6 Å². The third-order valence-corrected chi connectivity index (χ3v) is 2.74. The summed E-state index contributed by atoms with van der Waals surface area (Å²) in [4.78, 5) is 14.0. The van der Waals surface area contributed by atoms with Crippen LogP contribution in [0.2, 0.25) is 0 Å². The van der Waals surface area contributed by atoms with Crippen LogP contribution >= 0.6 is 12.4 Å². The molecule has 0 amide bonds. The van der Waals surface area contributed by atoms with Crippen molar-refractivity contribution in [3.8, 4) is 5.75 Å². The lowest BCUT2D eigenvalue weighted by Crippen LogP contribution is -2.25. The highest BCUT2D eigenvalue weighted by molar-refractivity contribution is 5.96. The molecule has 0 bridgehead atoms. The van der Waals surface area contributed by atoms with Crippen LogP contribution in [0.5, 0.6) is 5.75 Å². The Labute approximate surface area is 109 Å². The number of hydrogen-bond donors (Lipinski definition) is 1. The van der Waals surface area contributed by atoms with Gasteiger partial charge in [-0.2, -0.15) is 0 Å². The van der Waals surface area contributed by atoms with Crippen molar-refractivity contribution in [1.82, 2.24) is 4.90 Å². The average Bonchev–Trinajstić information content (AvgIpc) is 2.31. The molecule has 0 aliphatic rings. The molecule has 0 unspecified atom stereocenters. The summed E-state index contributed by atoms with van der Waals surface area (Å²) in [5.41, 5.74) is 0.671. The summed E-state index contributed by atoms with van der Waals surface area (Å²) in [6.45, 7) is 6.93. The van der Waals surface area contributed by atoms with Gasteiger partial charge < -0.3 is 10.0 Å². The van der Waals surface area contributed by atoms with Gasteiger partial charge in [-0.1, -0.05) is 13.8 Å². The Hall–Kier alpha value is -1.06. The van der Waals surface area contributed by atoms with Gasteiger partial charge >= 0.3 is 0 Å². The molecule has 1 aromatic rings. The minimum atomic E-state index is 0. The maximum absolute atomic E-state index is 11.8. The number of benzene rings is 1. The van der Waals surface area contributed by atoms with Crippen LogP contribution in [0.25, 0.3) is 0 Å². The first-order valence-corrected chi connectivity index (χ1v) is 5.72. The predicted octanol–water partition coefficient (Wildman–Crippen LogP) is 2.73. The Kier molecular flexibility index (Phi) is 7.59. The summed E-state index contributed by atoms with van der Waals surface area (Å²) >= 11 is 0. The smallest absolute Gasteiger partial charge is 0.164 e. The Morgan fingerprint density at radius 3 is 2.18 bits per heavy atom. The highest BCUT2D eigenvalue weighted by atomic mass is 35.5. The lowest BCUT2D eigenvalue weighted by atomic mass is 10.1. The molecule has 1 N–H and O–H groups in total. The van der Waals surface area contributed by atoms with E-state index in [4.69, 9.17) is 5.11 Å². The van der Waals surface area contributed by atoms with Crippen LogP contribution in [0, 0.1) is 0 Å². The molecule has 0 fully saturated rings.